The Bertz CT molecular complexity index is 1260. The Morgan fingerprint density at radius 3 is 2.41 bits per heavy atom. The van der Waals surface area contributed by atoms with E-state index in [1.165, 1.54) is 17.8 Å². The highest BCUT2D eigenvalue weighted by Gasteiger charge is 2.22. The fourth-order valence-corrected chi connectivity index (χ4v) is 4.07. The van der Waals surface area contributed by atoms with Gasteiger partial charge in [0.25, 0.3) is 0 Å². The van der Waals surface area contributed by atoms with Gasteiger partial charge in [-0.2, -0.15) is 0 Å². The minimum Gasteiger partial charge on any atom is -0.506 e. The van der Waals surface area contributed by atoms with Gasteiger partial charge in [0, 0.05) is 5.69 Å². The van der Waals surface area contributed by atoms with Gasteiger partial charge in [-0.1, -0.05) is 54.2 Å². The van der Waals surface area contributed by atoms with Crippen LogP contribution in [0.4, 0.5) is 5.69 Å². The second kappa shape index (κ2) is 10.8. The average molecular weight is 477 g/mol. The number of phenols is 1. The maximum Gasteiger partial charge on any atom is 0.234 e. The molecule has 1 aromatic heterocycles. The number of aromatic hydroxyl groups is 1. The summed E-state index contributed by atoms with van der Waals surface area (Å²) in [4.78, 5) is 12.5. The van der Waals surface area contributed by atoms with Crippen molar-refractivity contribution in [3.05, 3.63) is 84.7 Å². The molecule has 8 nitrogen and oxygen atoms in total. The summed E-state index contributed by atoms with van der Waals surface area (Å²) in [6, 6.07) is 23.6. The summed E-state index contributed by atoms with van der Waals surface area (Å²) in [5.41, 5.74) is 1.21. The highest BCUT2D eigenvalue weighted by molar-refractivity contribution is 7.99. The van der Waals surface area contributed by atoms with Crippen LogP contribution in [-0.4, -0.2) is 38.6 Å². The Kier molecular flexibility index (Phi) is 7.34. The highest BCUT2D eigenvalue weighted by Crippen LogP contribution is 2.32. The first-order valence-electron chi connectivity index (χ1n) is 10.6. The fourth-order valence-electron chi connectivity index (χ4n) is 3.31. The summed E-state index contributed by atoms with van der Waals surface area (Å²) in [6.45, 7) is 1.88. The molecule has 2 N–H and O–H groups in total. The molecule has 0 saturated carbocycles. The van der Waals surface area contributed by atoms with Crippen LogP contribution in [0.5, 0.6) is 17.2 Å². The zero-order valence-electron chi connectivity index (χ0n) is 18.7. The van der Waals surface area contributed by atoms with Gasteiger partial charge >= 0.3 is 0 Å². The molecule has 0 fully saturated rings. The number of thioether (sulfide) groups is 1. The van der Waals surface area contributed by atoms with Crippen molar-refractivity contribution in [2.45, 2.75) is 18.2 Å². The van der Waals surface area contributed by atoms with Gasteiger partial charge in [-0.25, -0.2) is 0 Å². The summed E-state index contributed by atoms with van der Waals surface area (Å²) in [5, 5.41) is 21.8. The van der Waals surface area contributed by atoms with E-state index in [0.717, 1.165) is 5.69 Å². The van der Waals surface area contributed by atoms with Gasteiger partial charge in [-0.15, -0.1) is 10.2 Å². The molecule has 1 amide bonds. The number of carbonyl (C=O) groups is 1. The normalized spacial score (nSPS) is 11.6. The van der Waals surface area contributed by atoms with Crippen molar-refractivity contribution in [1.29, 1.82) is 0 Å². The Morgan fingerprint density at radius 2 is 1.68 bits per heavy atom. The van der Waals surface area contributed by atoms with Gasteiger partial charge in [0.2, 0.25) is 5.91 Å². The van der Waals surface area contributed by atoms with Crippen LogP contribution in [0.2, 0.25) is 0 Å². The van der Waals surface area contributed by atoms with Gasteiger partial charge < -0.3 is 19.9 Å². The van der Waals surface area contributed by atoms with Crippen LogP contribution in [0.3, 0.4) is 0 Å². The molecule has 0 spiro atoms. The number of nitrogens with one attached hydrogen (secondary N) is 1. The van der Waals surface area contributed by atoms with E-state index in [1.54, 1.807) is 25.3 Å². The van der Waals surface area contributed by atoms with Crippen molar-refractivity contribution in [2.24, 2.45) is 0 Å². The van der Waals surface area contributed by atoms with Crippen molar-refractivity contribution < 1.29 is 19.4 Å². The predicted molar refractivity (Wildman–Crippen MR) is 131 cm³/mol. The Balaban J connectivity index is 1.56. The number of aromatic nitrogens is 3. The fraction of sp³-hybridized carbons (Fsp3) is 0.160. The van der Waals surface area contributed by atoms with Crippen LogP contribution < -0.4 is 14.8 Å². The molecular formula is C25H24N4O4S. The summed E-state index contributed by atoms with van der Waals surface area (Å²) < 4.78 is 13.4. The van der Waals surface area contributed by atoms with Gasteiger partial charge in [0.1, 0.15) is 5.75 Å². The third-order valence-electron chi connectivity index (χ3n) is 4.92. The van der Waals surface area contributed by atoms with Crippen molar-refractivity contribution in [1.82, 2.24) is 14.8 Å². The van der Waals surface area contributed by atoms with Crippen LogP contribution in [0.25, 0.3) is 5.69 Å². The Labute approximate surface area is 201 Å². The van der Waals surface area contributed by atoms with Crippen LogP contribution in [0, 0.1) is 0 Å². The average Bonchev–Trinajstić information content (AvgIpc) is 3.29. The van der Waals surface area contributed by atoms with Crippen LogP contribution in [0.15, 0.2) is 84.0 Å². The van der Waals surface area contributed by atoms with Crippen molar-refractivity contribution in [3.63, 3.8) is 0 Å². The number of phenolic OH excluding ortho intramolecular Hbond substituents is 1. The standard InChI is InChI=1S/C25H24N4O4S/c1-17(33-22-15-9-8-14-21(22)32-2)24-27-28-25(29(24)18-10-4-3-5-11-18)34-16-23(31)26-19-12-6-7-13-20(19)30/h3-15,17,30H,16H2,1-2H3,(H,26,31). The molecular weight excluding hydrogens is 452 g/mol. The molecule has 0 aliphatic heterocycles. The number of nitrogens with zero attached hydrogens (tertiary/aromatic N) is 3. The van der Waals surface area contributed by atoms with Gasteiger partial charge in [-0.05, 0) is 43.3 Å². The van der Waals surface area contributed by atoms with Crippen molar-refractivity contribution in [3.8, 4) is 22.9 Å². The van der Waals surface area contributed by atoms with Gasteiger partial charge in [-0.3, -0.25) is 9.36 Å². The van der Waals surface area contributed by atoms with E-state index in [-0.39, 0.29) is 17.4 Å². The summed E-state index contributed by atoms with van der Waals surface area (Å²) >= 11 is 1.24. The highest BCUT2D eigenvalue weighted by atomic mass is 32.2. The maximum atomic E-state index is 12.5. The molecule has 0 aliphatic carbocycles. The van der Waals surface area contributed by atoms with Crippen molar-refractivity contribution >= 4 is 23.4 Å². The Hall–Kier alpha value is -3.98. The zero-order chi connectivity index (χ0) is 23.9. The number of amides is 1. The van der Waals surface area contributed by atoms with Crippen LogP contribution in [-0.2, 0) is 4.79 Å². The number of methoxy groups -OCH3 is 1. The molecule has 0 radical (unpaired) electrons. The molecule has 4 aromatic rings. The number of carbonyl (C=O) groups excluding carboxylic acids is 1. The second-order valence-electron chi connectivity index (χ2n) is 7.28. The smallest absolute Gasteiger partial charge is 0.234 e. The molecule has 0 saturated heterocycles. The molecule has 0 bridgehead atoms. The molecule has 1 atom stereocenters. The third kappa shape index (κ3) is 5.32. The lowest BCUT2D eigenvalue weighted by Gasteiger charge is -2.18. The van der Waals surface area contributed by atoms with E-state index in [4.69, 9.17) is 9.47 Å². The molecule has 3 aromatic carbocycles. The number of ether oxygens (including phenoxy) is 2. The van der Waals surface area contributed by atoms with Gasteiger partial charge in [0.15, 0.2) is 28.6 Å². The van der Waals surface area contributed by atoms with E-state index in [2.05, 4.69) is 15.5 Å². The van der Waals surface area contributed by atoms with Crippen LogP contribution >= 0.6 is 11.8 Å². The minimum atomic E-state index is -0.451. The predicted octanol–water partition coefficient (Wildman–Crippen LogP) is 4.85. The summed E-state index contributed by atoms with van der Waals surface area (Å²) in [6.07, 6.45) is -0.451. The van der Waals surface area contributed by atoms with Crippen LogP contribution in [0.1, 0.15) is 18.9 Å². The number of rotatable bonds is 9. The van der Waals surface area contributed by atoms with Crippen molar-refractivity contribution in [2.75, 3.05) is 18.2 Å². The van der Waals surface area contributed by atoms with Gasteiger partial charge in [0.05, 0.1) is 18.6 Å². The van der Waals surface area contributed by atoms with E-state index < -0.39 is 6.10 Å². The molecule has 4 rings (SSSR count). The lowest BCUT2D eigenvalue weighted by atomic mass is 10.3. The van der Waals surface area contributed by atoms with E-state index in [1.807, 2.05) is 66.1 Å². The lowest BCUT2D eigenvalue weighted by molar-refractivity contribution is -0.113. The second-order valence-corrected chi connectivity index (χ2v) is 8.22. The molecule has 174 valence electrons. The molecule has 9 heteroatoms. The summed E-state index contributed by atoms with van der Waals surface area (Å²) in [7, 11) is 1.59. The first-order valence-corrected chi connectivity index (χ1v) is 11.6. The Morgan fingerprint density at radius 1 is 1.00 bits per heavy atom. The molecule has 0 aliphatic rings. The largest absolute Gasteiger partial charge is 0.506 e. The number of hydrogen-bond acceptors (Lipinski definition) is 7. The molecule has 34 heavy (non-hydrogen) atoms. The minimum absolute atomic E-state index is 0.0119. The molecule has 1 unspecified atom stereocenters. The first-order chi connectivity index (χ1) is 16.6. The summed E-state index contributed by atoms with van der Waals surface area (Å²) in [5.74, 6) is 1.63. The third-order valence-corrected chi connectivity index (χ3v) is 5.85. The quantitative estimate of drug-likeness (QED) is 0.263. The van der Waals surface area contributed by atoms with E-state index >= 15 is 0 Å². The number of hydrogen-bond donors (Lipinski definition) is 2. The van der Waals surface area contributed by atoms with E-state index in [9.17, 15) is 9.90 Å². The molecule has 1 heterocycles. The topological polar surface area (TPSA) is 98.5 Å². The maximum absolute atomic E-state index is 12.5. The zero-order valence-corrected chi connectivity index (χ0v) is 19.5. The number of anilines is 1. The number of para-hydroxylation sites is 5. The first kappa shape index (κ1) is 23.2. The number of benzene rings is 3. The monoisotopic (exact) mass is 476 g/mol. The lowest BCUT2D eigenvalue weighted by Crippen LogP contribution is -2.15. The SMILES string of the molecule is COc1ccccc1OC(C)c1nnc(SCC(=O)Nc2ccccc2O)n1-c1ccccc1. The van der Waals surface area contributed by atoms with E-state index in [0.29, 0.717) is 28.2 Å².